The average molecular weight is 1190 g/mol. The predicted molar refractivity (Wildman–Crippen MR) is 307 cm³/mol. The van der Waals surface area contributed by atoms with Crippen LogP contribution in [0.1, 0.15) is 174 Å². The van der Waals surface area contributed by atoms with Crippen LogP contribution in [0.3, 0.4) is 0 Å². The van der Waals surface area contributed by atoms with E-state index in [-0.39, 0.29) is 96.8 Å². The molecule has 2 rings (SSSR count). The maximum absolute atomic E-state index is 13.3. The zero-order valence-corrected chi connectivity index (χ0v) is 52.9. The molecule has 2 aliphatic rings. The van der Waals surface area contributed by atoms with E-state index in [4.69, 9.17) is 56.8 Å². The van der Waals surface area contributed by atoms with Crippen LogP contribution in [0.4, 0.5) is 0 Å². The largest absolute Gasteiger partial charge is 0.462 e. The summed E-state index contributed by atoms with van der Waals surface area (Å²) in [5.74, 6) is -0.843. The lowest BCUT2D eigenvalue weighted by atomic mass is 9.92. The van der Waals surface area contributed by atoms with Crippen molar-refractivity contribution in [3.63, 3.8) is 0 Å². The van der Waals surface area contributed by atoms with E-state index >= 15 is 0 Å². The Bertz CT molecular complexity index is 1780. The van der Waals surface area contributed by atoms with E-state index in [1.807, 2.05) is 98.6 Å². The molecule has 0 saturated carbocycles. The number of carbonyl (C=O) groups is 6. The fourth-order valence-corrected chi connectivity index (χ4v) is 13.3. The van der Waals surface area contributed by atoms with Crippen molar-refractivity contribution in [1.29, 1.82) is 0 Å². The summed E-state index contributed by atoms with van der Waals surface area (Å²) >= 11 is 0. The summed E-state index contributed by atoms with van der Waals surface area (Å²) in [7, 11) is 7.67. The predicted octanol–water partition coefficient (Wildman–Crippen LogP) is 10.5. The summed E-state index contributed by atoms with van der Waals surface area (Å²) in [6.45, 7) is 24.1. The summed E-state index contributed by atoms with van der Waals surface area (Å²) in [5.41, 5.74) is -6.66. The van der Waals surface area contributed by atoms with Gasteiger partial charge >= 0.3 is 35.8 Å². The number of esters is 6. The Labute approximate surface area is 482 Å². The van der Waals surface area contributed by atoms with Crippen LogP contribution in [0.2, 0.25) is 0 Å². The molecule has 78 heavy (non-hydrogen) atoms. The fourth-order valence-electron chi connectivity index (χ4n) is 7.26. The van der Waals surface area contributed by atoms with E-state index < -0.39 is 57.1 Å². The Morgan fingerprint density at radius 3 is 1.26 bits per heavy atom. The van der Waals surface area contributed by atoms with Crippen LogP contribution < -0.4 is 0 Å². The second kappa shape index (κ2) is 36.5. The van der Waals surface area contributed by atoms with Gasteiger partial charge in [0.1, 0.15) is 50.5 Å². The number of unbranched alkanes of at least 4 members (excludes halogenated alkanes) is 2. The van der Waals surface area contributed by atoms with Gasteiger partial charge in [0, 0.05) is 34.8 Å². The molecule has 0 aromatic carbocycles. The summed E-state index contributed by atoms with van der Waals surface area (Å²) in [6, 6.07) is 0. The standard InChI is InChI=1S/C56H98O18S4/c1-41(2)68-37-55(13,49(61)66-31-29-63-45(57)21-17-15-19-43-23-35-75-77-43)39-70-48(60)53(9,10)73-28-26-51(5,6)71-27-25-52(7,8)72-34-33-65-47(59)54(11,12)74-40-56(14,38-69-42(3)4)50(62)67-32-30-64-46(58)22-18-16-20-44-24-36-76-78-44/h41-44H,15-40H2,1-14H3. The molecule has 22 heteroatoms. The van der Waals surface area contributed by atoms with Gasteiger partial charge in [-0.3, -0.25) is 19.2 Å². The Kier molecular flexibility index (Phi) is 33.8. The third kappa shape index (κ3) is 30.9. The molecule has 0 aromatic heterocycles. The van der Waals surface area contributed by atoms with Gasteiger partial charge in [-0.15, -0.1) is 0 Å². The first-order valence-corrected chi connectivity index (χ1v) is 32.6. The topological polar surface area (TPSA) is 213 Å². The molecule has 0 amide bonds. The van der Waals surface area contributed by atoms with Crippen molar-refractivity contribution in [1.82, 2.24) is 0 Å². The normalized spacial score (nSPS) is 17.8. The number of ether oxygens (including phenoxy) is 12. The smallest absolute Gasteiger partial charge is 0.337 e. The van der Waals surface area contributed by atoms with Crippen molar-refractivity contribution in [3.05, 3.63) is 0 Å². The second-order valence-corrected chi connectivity index (χ2v) is 28.9. The first-order valence-electron chi connectivity index (χ1n) is 27.9. The fraction of sp³-hybridized carbons (Fsp3) is 0.893. The lowest BCUT2D eigenvalue weighted by Gasteiger charge is -2.32. The third-order valence-electron chi connectivity index (χ3n) is 12.8. The first-order chi connectivity index (χ1) is 36.5. The van der Waals surface area contributed by atoms with Crippen molar-refractivity contribution >= 4 is 79.0 Å². The average Bonchev–Trinajstić information content (AvgIpc) is 4.10. The zero-order valence-electron chi connectivity index (χ0n) is 49.7. The summed E-state index contributed by atoms with van der Waals surface area (Å²) < 4.78 is 68.6. The molecular weight excluding hydrogens is 1090 g/mol. The van der Waals surface area contributed by atoms with Gasteiger partial charge in [-0.1, -0.05) is 56.0 Å². The Morgan fingerprint density at radius 2 is 0.808 bits per heavy atom. The zero-order chi connectivity index (χ0) is 58.5. The van der Waals surface area contributed by atoms with E-state index in [0.29, 0.717) is 42.8 Å². The maximum Gasteiger partial charge on any atom is 0.337 e. The summed E-state index contributed by atoms with van der Waals surface area (Å²) in [5, 5.41) is 1.33. The molecule has 0 aromatic rings. The van der Waals surface area contributed by atoms with Gasteiger partial charge in [-0.25, -0.2) is 9.59 Å². The monoisotopic (exact) mass is 1190 g/mol. The molecule has 0 radical (unpaired) electrons. The van der Waals surface area contributed by atoms with Crippen LogP contribution in [0.5, 0.6) is 0 Å². The molecule has 0 N–H and O–H groups in total. The molecule has 18 nitrogen and oxygen atoms in total. The van der Waals surface area contributed by atoms with Gasteiger partial charge in [0.15, 0.2) is 11.2 Å². The Morgan fingerprint density at radius 1 is 0.423 bits per heavy atom. The van der Waals surface area contributed by atoms with Gasteiger partial charge in [-0.05, 0) is 148 Å². The van der Waals surface area contributed by atoms with Gasteiger partial charge in [0.2, 0.25) is 0 Å². The summed E-state index contributed by atoms with van der Waals surface area (Å²) in [6.07, 6.45) is 9.29. The molecular formula is C56H98O18S4. The van der Waals surface area contributed by atoms with Gasteiger partial charge in [0.25, 0.3) is 0 Å². The highest BCUT2D eigenvalue weighted by atomic mass is 33.1. The molecule has 2 fully saturated rings. The molecule has 2 heterocycles. The molecule has 2 saturated heterocycles. The van der Waals surface area contributed by atoms with Gasteiger partial charge < -0.3 is 56.8 Å². The van der Waals surface area contributed by atoms with E-state index in [9.17, 15) is 28.8 Å². The number of rotatable bonds is 43. The van der Waals surface area contributed by atoms with Crippen molar-refractivity contribution < 1.29 is 85.6 Å². The number of hydrogen-bond acceptors (Lipinski definition) is 22. The molecule has 454 valence electrons. The molecule has 4 atom stereocenters. The van der Waals surface area contributed by atoms with Crippen LogP contribution in [-0.2, 0) is 85.6 Å². The SMILES string of the molecule is CC(C)OCC(C)(COC(=O)C(C)(C)OCCC(C)(C)OCCC(C)(C)OCCOC(=O)C(C)(C)OCC(C)(COC(C)C)C(=O)OCCOC(=O)CCCCC1CCSS1)C(=O)OCCOC(=O)CCCCC1CCSS1. The van der Waals surface area contributed by atoms with Crippen LogP contribution in [0.25, 0.3) is 0 Å². The summed E-state index contributed by atoms with van der Waals surface area (Å²) in [4.78, 5) is 77.7. The lowest BCUT2D eigenvalue weighted by molar-refractivity contribution is -0.185. The quantitative estimate of drug-likeness (QED) is 0.0240. The van der Waals surface area contributed by atoms with Gasteiger partial charge in [0.05, 0.1) is 63.1 Å². The minimum atomic E-state index is -1.43. The van der Waals surface area contributed by atoms with Gasteiger partial charge in [-0.2, -0.15) is 0 Å². The van der Waals surface area contributed by atoms with E-state index in [1.54, 1.807) is 41.5 Å². The lowest BCUT2D eigenvalue weighted by Crippen LogP contribution is -2.45. The van der Waals surface area contributed by atoms with Crippen molar-refractivity contribution in [2.75, 3.05) is 90.8 Å². The third-order valence-corrected chi connectivity index (χ3v) is 18.8. The first kappa shape index (κ1) is 72.1. The molecule has 0 bridgehead atoms. The minimum Gasteiger partial charge on any atom is -0.462 e. The van der Waals surface area contributed by atoms with Crippen molar-refractivity contribution in [3.8, 4) is 0 Å². The van der Waals surface area contributed by atoms with E-state index in [1.165, 1.54) is 24.3 Å². The minimum absolute atomic E-state index is 0.0278. The van der Waals surface area contributed by atoms with Crippen molar-refractivity contribution in [2.45, 2.75) is 219 Å². The van der Waals surface area contributed by atoms with Crippen LogP contribution in [-0.4, -0.2) is 172 Å². The molecule has 0 spiro atoms. The van der Waals surface area contributed by atoms with Crippen molar-refractivity contribution in [2.24, 2.45) is 10.8 Å². The van der Waals surface area contributed by atoms with E-state index in [2.05, 4.69) is 0 Å². The maximum atomic E-state index is 13.3. The van der Waals surface area contributed by atoms with Crippen LogP contribution in [0, 0.1) is 10.8 Å². The Hall–Kier alpha value is -2.02. The highest BCUT2D eigenvalue weighted by molar-refractivity contribution is 8.77. The molecule has 4 unspecified atom stereocenters. The highest BCUT2D eigenvalue weighted by Gasteiger charge is 2.42. The highest BCUT2D eigenvalue weighted by Crippen LogP contribution is 2.41. The second-order valence-electron chi connectivity index (χ2n) is 23.3. The molecule has 2 aliphatic heterocycles. The Balaban J connectivity index is 1.72. The van der Waals surface area contributed by atoms with E-state index in [0.717, 1.165) is 38.5 Å². The number of carbonyl (C=O) groups excluding carboxylic acids is 6. The van der Waals surface area contributed by atoms with Crippen LogP contribution >= 0.6 is 43.2 Å². The number of hydrogen-bond donors (Lipinski definition) is 0. The molecule has 0 aliphatic carbocycles. The van der Waals surface area contributed by atoms with Crippen LogP contribution in [0.15, 0.2) is 0 Å².